The summed E-state index contributed by atoms with van der Waals surface area (Å²) in [6.45, 7) is 2.66. The summed E-state index contributed by atoms with van der Waals surface area (Å²) in [4.78, 5) is 10.8. The molecule has 0 amide bonds. The van der Waals surface area contributed by atoms with Gasteiger partial charge in [-0.05, 0) is 6.92 Å². The van der Waals surface area contributed by atoms with Gasteiger partial charge in [-0.3, -0.25) is 0 Å². The summed E-state index contributed by atoms with van der Waals surface area (Å²) in [5, 5.41) is 12.1. The van der Waals surface area contributed by atoms with Gasteiger partial charge >= 0.3 is 5.97 Å². The predicted octanol–water partition coefficient (Wildman–Crippen LogP) is -0.694. The van der Waals surface area contributed by atoms with E-state index in [-0.39, 0.29) is 12.4 Å². The van der Waals surface area contributed by atoms with Gasteiger partial charge in [0.1, 0.15) is 0 Å². The van der Waals surface area contributed by atoms with Gasteiger partial charge in [-0.15, -0.1) is 12.4 Å². The Labute approximate surface area is 71.3 Å². The van der Waals surface area contributed by atoms with Gasteiger partial charge in [0.25, 0.3) is 0 Å². The maximum atomic E-state index is 10.8. The number of aliphatic hydroxyl groups is 1. The lowest BCUT2D eigenvalue weighted by Crippen LogP contribution is -2.64. The average molecular weight is 182 g/mol. The molecule has 0 aliphatic carbocycles. The van der Waals surface area contributed by atoms with Gasteiger partial charge in [0.2, 0.25) is 0 Å². The van der Waals surface area contributed by atoms with Gasteiger partial charge in [0.05, 0.1) is 6.61 Å². The Hall–Kier alpha value is -0.320. The lowest BCUT2D eigenvalue weighted by Gasteiger charge is -2.34. The Kier molecular flexibility index (Phi) is 3.78. The molecule has 1 rings (SSSR count). The summed E-state index contributed by atoms with van der Waals surface area (Å²) >= 11 is 0. The van der Waals surface area contributed by atoms with Crippen LogP contribution in [0.15, 0.2) is 0 Å². The Morgan fingerprint density at radius 2 is 2.27 bits per heavy atom. The van der Waals surface area contributed by atoms with E-state index >= 15 is 0 Å². The van der Waals surface area contributed by atoms with Crippen molar-refractivity contribution in [2.75, 3.05) is 19.7 Å². The number of nitrogens with one attached hydrogen (secondary N) is 1. The number of rotatable bonds is 2. The summed E-state index contributed by atoms with van der Waals surface area (Å²) in [5.74, 6) is -0.520. The van der Waals surface area contributed by atoms with Crippen LogP contribution in [0, 0.1) is 0 Å². The van der Waals surface area contributed by atoms with Crippen LogP contribution in [0.4, 0.5) is 0 Å². The molecule has 0 aromatic heterocycles. The maximum absolute atomic E-state index is 10.8. The van der Waals surface area contributed by atoms with Crippen molar-refractivity contribution < 1.29 is 14.6 Å². The van der Waals surface area contributed by atoms with Gasteiger partial charge in [-0.2, -0.15) is 0 Å². The zero-order chi connectivity index (χ0) is 7.61. The normalized spacial score (nSPS) is 19.5. The van der Waals surface area contributed by atoms with E-state index < -0.39 is 11.6 Å². The first-order valence-corrected chi connectivity index (χ1v) is 3.29. The standard InChI is InChI=1S/C6H11NO3.ClH/c1-2-10-5(8)6(9)3-7-4-6;/h7,9H,2-4H2,1H3;1H. The molecule has 4 nitrogen and oxygen atoms in total. The average Bonchev–Trinajstić information content (AvgIpc) is 1.83. The van der Waals surface area contributed by atoms with E-state index in [4.69, 9.17) is 0 Å². The molecule has 1 saturated heterocycles. The minimum Gasteiger partial charge on any atom is -0.464 e. The van der Waals surface area contributed by atoms with Crippen LogP contribution in [0.3, 0.4) is 0 Å². The lowest BCUT2D eigenvalue weighted by atomic mass is 9.98. The fourth-order valence-electron chi connectivity index (χ4n) is 0.772. The number of esters is 1. The number of ether oxygens (including phenoxy) is 1. The summed E-state index contributed by atoms with van der Waals surface area (Å²) in [5.41, 5.74) is -1.24. The van der Waals surface area contributed by atoms with Crippen molar-refractivity contribution in [1.29, 1.82) is 0 Å². The molecule has 5 heteroatoms. The van der Waals surface area contributed by atoms with Crippen LogP contribution in [0.5, 0.6) is 0 Å². The molecule has 1 heterocycles. The highest BCUT2D eigenvalue weighted by atomic mass is 35.5. The van der Waals surface area contributed by atoms with Crippen LogP contribution in [0.25, 0.3) is 0 Å². The van der Waals surface area contributed by atoms with Gasteiger partial charge in [0, 0.05) is 13.1 Å². The molecule has 0 saturated carbocycles. The van der Waals surface area contributed by atoms with E-state index in [0.29, 0.717) is 19.7 Å². The third-order valence-corrected chi connectivity index (χ3v) is 1.49. The molecular formula is C6H12ClNO3. The highest BCUT2D eigenvalue weighted by molar-refractivity contribution is 5.85. The van der Waals surface area contributed by atoms with Gasteiger partial charge in [-0.25, -0.2) is 4.79 Å². The first kappa shape index (κ1) is 10.7. The Bertz CT molecular complexity index is 147. The summed E-state index contributed by atoms with van der Waals surface area (Å²) in [6, 6.07) is 0. The smallest absolute Gasteiger partial charge is 0.340 e. The van der Waals surface area contributed by atoms with Crippen LogP contribution in [0.1, 0.15) is 6.92 Å². The van der Waals surface area contributed by atoms with E-state index in [1.807, 2.05) is 0 Å². The van der Waals surface area contributed by atoms with Crippen LogP contribution < -0.4 is 5.32 Å². The van der Waals surface area contributed by atoms with Crippen molar-refractivity contribution in [3.63, 3.8) is 0 Å². The zero-order valence-corrected chi connectivity index (χ0v) is 7.11. The summed E-state index contributed by atoms with van der Waals surface area (Å²) in [7, 11) is 0. The monoisotopic (exact) mass is 181 g/mol. The van der Waals surface area contributed by atoms with Crippen molar-refractivity contribution in [3.8, 4) is 0 Å². The number of halogens is 1. The largest absolute Gasteiger partial charge is 0.464 e. The molecule has 0 atom stereocenters. The predicted molar refractivity (Wildman–Crippen MR) is 41.7 cm³/mol. The highest BCUT2D eigenvalue weighted by Crippen LogP contribution is 2.11. The number of β-amino-alcohol motifs (C(OH)–C–C–N with tert-alkyl or cyclic N) is 1. The lowest BCUT2D eigenvalue weighted by molar-refractivity contribution is -0.170. The molecule has 0 radical (unpaired) electrons. The molecule has 0 unspecified atom stereocenters. The topological polar surface area (TPSA) is 58.6 Å². The molecule has 66 valence electrons. The number of carbonyl (C=O) groups excluding carboxylic acids is 1. The Morgan fingerprint density at radius 3 is 2.55 bits per heavy atom. The first-order chi connectivity index (χ1) is 4.69. The molecule has 0 aromatic rings. The number of hydrogen-bond acceptors (Lipinski definition) is 4. The van der Waals surface area contributed by atoms with Crippen LogP contribution in [-0.4, -0.2) is 36.4 Å². The van der Waals surface area contributed by atoms with E-state index in [9.17, 15) is 9.90 Å². The van der Waals surface area contributed by atoms with Crippen molar-refractivity contribution in [3.05, 3.63) is 0 Å². The van der Waals surface area contributed by atoms with E-state index in [1.165, 1.54) is 0 Å². The molecule has 0 spiro atoms. The quantitative estimate of drug-likeness (QED) is 0.554. The van der Waals surface area contributed by atoms with Gasteiger partial charge < -0.3 is 15.2 Å². The van der Waals surface area contributed by atoms with E-state index in [1.54, 1.807) is 6.92 Å². The van der Waals surface area contributed by atoms with Crippen LogP contribution in [-0.2, 0) is 9.53 Å². The summed E-state index contributed by atoms with van der Waals surface area (Å²) < 4.78 is 4.62. The molecule has 1 aliphatic heterocycles. The second kappa shape index (κ2) is 3.90. The molecule has 0 aromatic carbocycles. The molecule has 2 N–H and O–H groups in total. The number of carbonyl (C=O) groups is 1. The van der Waals surface area contributed by atoms with Gasteiger partial charge in [0.15, 0.2) is 5.60 Å². The van der Waals surface area contributed by atoms with Crippen LogP contribution in [0.2, 0.25) is 0 Å². The molecule has 11 heavy (non-hydrogen) atoms. The second-order valence-electron chi connectivity index (χ2n) is 2.36. The van der Waals surface area contributed by atoms with Crippen molar-refractivity contribution in [2.24, 2.45) is 0 Å². The van der Waals surface area contributed by atoms with E-state index in [2.05, 4.69) is 10.1 Å². The van der Waals surface area contributed by atoms with Crippen molar-refractivity contribution in [2.45, 2.75) is 12.5 Å². The first-order valence-electron chi connectivity index (χ1n) is 3.29. The minimum absolute atomic E-state index is 0. The Morgan fingerprint density at radius 1 is 1.73 bits per heavy atom. The number of hydrogen-bond donors (Lipinski definition) is 2. The minimum atomic E-state index is -1.24. The maximum Gasteiger partial charge on any atom is 0.340 e. The third-order valence-electron chi connectivity index (χ3n) is 1.49. The van der Waals surface area contributed by atoms with Crippen molar-refractivity contribution in [1.82, 2.24) is 5.32 Å². The zero-order valence-electron chi connectivity index (χ0n) is 6.29. The summed E-state index contributed by atoms with van der Waals surface area (Å²) in [6.07, 6.45) is 0. The molecular weight excluding hydrogens is 170 g/mol. The fraction of sp³-hybridized carbons (Fsp3) is 0.833. The Balaban J connectivity index is 0.000001000. The van der Waals surface area contributed by atoms with Crippen LogP contribution >= 0.6 is 12.4 Å². The van der Waals surface area contributed by atoms with E-state index in [0.717, 1.165) is 0 Å². The molecule has 1 aliphatic rings. The fourth-order valence-corrected chi connectivity index (χ4v) is 0.772. The molecule has 1 fully saturated rings. The second-order valence-corrected chi connectivity index (χ2v) is 2.36. The highest BCUT2D eigenvalue weighted by Gasteiger charge is 2.43. The third kappa shape index (κ3) is 2.05. The molecule has 0 bridgehead atoms. The van der Waals surface area contributed by atoms with Crippen molar-refractivity contribution >= 4 is 18.4 Å². The SMILES string of the molecule is CCOC(=O)C1(O)CNC1.Cl. The van der Waals surface area contributed by atoms with Gasteiger partial charge in [-0.1, -0.05) is 0 Å².